The molecule has 4 heteroatoms. The van der Waals surface area contributed by atoms with Crippen molar-refractivity contribution in [1.29, 1.82) is 0 Å². The summed E-state index contributed by atoms with van der Waals surface area (Å²) in [6, 6.07) is 48.9. The van der Waals surface area contributed by atoms with E-state index in [9.17, 15) is 0 Å². The van der Waals surface area contributed by atoms with Gasteiger partial charge in [0.2, 0.25) is 0 Å². The van der Waals surface area contributed by atoms with Crippen molar-refractivity contribution in [1.82, 2.24) is 14.1 Å². The zero-order chi connectivity index (χ0) is 32.9. The van der Waals surface area contributed by atoms with E-state index in [1.807, 2.05) is 0 Å². The summed E-state index contributed by atoms with van der Waals surface area (Å²) in [6.07, 6.45) is 9.63. The molecule has 0 bridgehead atoms. The monoisotopic (exact) mass is 640 g/mol. The molecule has 236 valence electrons. The molecule has 0 saturated carbocycles. The maximum Gasteiger partial charge on any atom is 0.0825 e. The topological polar surface area (TPSA) is 24.6 Å². The molecule has 0 spiro atoms. The van der Waals surface area contributed by atoms with Crippen LogP contribution < -0.4 is 5.53 Å². The Hall–Kier alpha value is -6.52. The molecule has 11 rings (SSSR count). The summed E-state index contributed by atoms with van der Waals surface area (Å²) in [5.41, 5.74) is 13.6. The van der Waals surface area contributed by atoms with Gasteiger partial charge >= 0.3 is 0 Å². The van der Waals surface area contributed by atoms with Gasteiger partial charge in [-0.15, -0.1) is 0 Å². The minimum Gasteiger partial charge on any atom is -0.307 e. The van der Waals surface area contributed by atoms with Crippen LogP contribution in [0.15, 0.2) is 163 Å². The zero-order valence-corrected chi connectivity index (χ0v) is 27.6. The van der Waals surface area contributed by atoms with Crippen molar-refractivity contribution in [2.75, 3.05) is 12.6 Å². The van der Waals surface area contributed by atoms with E-state index in [4.69, 9.17) is 0 Å². The van der Waals surface area contributed by atoms with Crippen LogP contribution in [0.25, 0.3) is 87.1 Å². The summed E-state index contributed by atoms with van der Waals surface area (Å²) in [6.45, 7) is 0. The molecule has 1 aliphatic rings. The lowest BCUT2D eigenvalue weighted by Gasteiger charge is -2.29. The van der Waals surface area contributed by atoms with E-state index in [-0.39, 0.29) is 0 Å². The first kappa shape index (κ1) is 27.4. The quantitative estimate of drug-likeness (QED) is 0.194. The fourth-order valence-corrected chi connectivity index (χ4v) is 8.68. The van der Waals surface area contributed by atoms with Gasteiger partial charge in [0.05, 0.1) is 33.3 Å². The number of allylic oxidation sites excluding steroid dienone is 5. The highest BCUT2D eigenvalue weighted by Crippen LogP contribution is 2.46. The van der Waals surface area contributed by atoms with Crippen molar-refractivity contribution in [2.24, 2.45) is 0 Å². The van der Waals surface area contributed by atoms with Crippen LogP contribution in [-0.2, 0) is 0 Å². The second-order valence-electron chi connectivity index (χ2n) is 13.5. The van der Waals surface area contributed by atoms with Crippen LogP contribution in [0, 0.1) is 0 Å². The molecule has 0 aliphatic heterocycles. The summed E-state index contributed by atoms with van der Waals surface area (Å²) in [4.78, 5) is 0. The van der Waals surface area contributed by atoms with Crippen LogP contribution in [0.2, 0.25) is 0 Å². The molecule has 10 aromatic rings. The predicted molar refractivity (Wildman–Crippen MR) is 212 cm³/mol. The van der Waals surface area contributed by atoms with Gasteiger partial charge in [0, 0.05) is 50.3 Å². The number of benzene rings is 7. The Morgan fingerprint density at radius 2 is 1.26 bits per heavy atom. The van der Waals surface area contributed by atoms with Crippen molar-refractivity contribution >= 4 is 87.1 Å². The Morgan fingerprint density at radius 1 is 0.560 bits per heavy atom. The number of hydrogen-bond acceptors (Lipinski definition) is 2. The molecular formula is C46H32N4. The van der Waals surface area contributed by atoms with Crippen molar-refractivity contribution in [3.63, 3.8) is 0 Å². The lowest BCUT2D eigenvalue weighted by molar-refractivity contribution is 0.503. The second-order valence-corrected chi connectivity index (χ2v) is 13.5. The molecule has 4 nitrogen and oxygen atoms in total. The SMILES string of the molecule is CN(Nn1c2ccccc2c2cc3c4ccc5ccccc5c4n4c5ccccc5c(c21)c34)/C(=C1/C=CC=CC1)c1ccc2ccccc2c1. The highest BCUT2D eigenvalue weighted by Gasteiger charge is 2.25. The Balaban J connectivity index is 1.22. The van der Waals surface area contributed by atoms with Crippen LogP contribution >= 0.6 is 0 Å². The van der Waals surface area contributed by atoms with Gasteiger partial charge in [0.15, 0.2) is 0 Å². The Labute approximate surface area is 288 Å². The molecule has 7 aromatic carbocycles. The average molecular weight is 641 g/mol. The van der Waals surface area contributed by atoms with Gasteiger partial charge in [-0.25, -0.2) is 10.2 Å². The van der Waals surface area contributed by atoms with Gasteiger partial charge in [-0.3, -0.25) is 5.01 Å². The largest absolute Gasteiger partial charge is 0.307 e. The Bertz CT molecular complexity index is 3110. The van der Waals surface area contributed by atoms with Crippen LogP contribution in [0.1, 0.15) is 12.0 Å². The van der Waals surface area contributed by atoms with Gasteiger partial charge in [-0.05, 0) is 52.4 Å². The number of aromatic nitrogens is 2. The third-order valence-corrected chi connectivity index (χ3v) is 10.8. The van der Waals surface area contributed by atoms with Crippen molar-refractivity contribution in [2.45, 2.75) is 6.42 Å². The lowest BCUT2D eigenvalue weighted by atomic mass is 9.98. The van der Waals surface area contributed by atoms with E-state index in [0.717, 1.165) is 17.6 Å². The van der Waals surface area contributed by atoms with Gasteiger partial charge in [0.1, 0.15) is 0 Å². The molecule has 0 amide bonds. The first-order chi connectivity index (χ1) is 24.7. The van der Waals surface area contributed by atoms with Crippen LogP contribution in [0.4, 0.5) is 0 Å². The van der Waals surface area contributed by atoms with E-state index < -0.39 is 0 Å². The van der Waals surface area contributed by atoms with Crippen LogP contribution in [0.3, 0.4) is 0 Å². The molecule has 0 atom stereocenters. The first-order valence-electron chi connectivity index (χ1n) is 17.3. The number of hydrazine groups is 1. The van der Waals surface area contributed by atoms with Crippen LogP contribution in [-0.4, -0.2) is 21.1 Å². The Kier molecular flexibility index (Phi) is 5.62. The summed E-state index contributed by atoms with van der Waals surface area (Å²) < 4.78 is 4.84. The highest BCUT2D eigenvalue weighted by molar-refractivity contribution is 6.35. The maximum absolute atomic E-state index is 3.93. The molecule has 50 heavy (non-hydrogen) atoms. The van der Waals surface area contributed by atoms with Crippen molar-refractivity contribution in [3.8, 4) is 0 Å². The standard InChI is InChI=1S/C46H32N4/c1-48(43(31-15-3-2-4-16-31)33-24-23-29-13-5-6-17-32(29)27-33)47-50-41-22-12-9-19-35(41)38-28-39-36-26-25-30-14-7-8-18-34(30)44(36)49-40-21-11-10-20-37(40)42(45(39)49)46(38)50/h2-15,17-28,47H,16H2,1H3/b43-31-. The predicted octanol–water partition coefficient (Wildman–Crippen LogP) is 11.6. The number of nitrogens with one attached hydrogen (secondary N) is 1. The second kappa shape index (κ2) is 10.2. The number of hydrogen-bond donors (Lipinski definition) is 1. The molecule has 0 saturated heterocycles. The first-order valence-corrected chi connectivity index (χ1v) is 17.3. The third kappa shape index (κ3) is 3.70. The van der Waals surface area contributed by atoms with Crippen LogP contribution in [0.5, 0.6) is 0 Å². The molecular weight excluding hydrogens is 609 g/mol. The molecule has 0 radical (unpaired) electrons. The lowest BCUT2D eigenvalue weighted by Crippen LogP contribution is -2.32. The van der Waals surface area contributed by atoms with Gasteiger partial charge in [0.25, 0.3) is 0 Å². The fraction of sp³-hybridized carbons (Fsp3) is 0.0435. The third-order valence-electron chi connectivity index (χ3n) is 10.8. The van der Waals surface area contributed by atoms with E-state index in [0.29, 0.717) is 0 Å². The fourth-order valence-electron chi connectivity index (χ4n) is 8.68. The normalized spacial score (nSPS) is 14.5. The van der Waals surface area contributed by atoms with E-state index in [2.05, 4.69) is 184 Å². The summed E-state index contributed by atoms with van der Waals surface area (Å²) in [5, 5.41) is 14.8. The maximum atomic E-state index is 3.93. The minimum atomic E-state index is 0.866. The number of fused-ring (bicyclic) bond motifs is 13. The van der Waals surface area contributed by atoms with Gasteiger partial charge in [-0.1, -0.05) is 133 Å². The average Bonchev–Trinajstić information content (AvgIpc) is 3.80. The zero-order valence-electron chi connectivity index (χ0n) is 27.6. The number of nitrogens with zero attached hydrogens (tertiary/aromatic N) is 3. The smallest absolute Gasteiger partial charge is 0.0825 e. The number of para-hydroxylation sites is 2. The molecule has 0 fully saturated rings. The van der Waals surface area contributed by atoms with Crippen molar-refractivity contribution in [3.05, 3.63) is 169 Å². The highest BCUT2D eigenvalue weighted by atomic mass is 15.7. The minimum absolute atomic E-state index is 0.866. The van der Waals surface area contributed by atoms with Gasteiger partial charge < -0.3 is 4.40 Å². The van der Waals surface area contributed by atoms with E-state index in [1.165, 1.54) is 87.1 Å². The Morgan fingerprint density at radius 3 is 2.10 bits per heavy atom. The molecule has 0 unspecified atom stereocenters. The summed E-state index contributed by atoms with van der Waals surface area (Å²) in [7, 11) is 2.15. The molecule has 1 N–H and O–H groups in total. The van der Waals surface area contributed by atoms with E-state index in [1.54, 1.807) is 0 Å². The summed E-state index contributed by atoms with van der Waals surface area (Å²) >= 11 is 0. The molecule has 3 aromatic heterocycles. The molecule has 3 heterocycles. The number of rotatable bonds is 4. The van der Waals surface area contributed by atoms with Gasteiger partial charge in [-0.2, -0.15) is 0 Å². The van der Waals surface area contributed by atoms with E-state index >= 15 is 0 Å². The molecule has 1 aliphatic carbocycles. The summed E-state index contributed by atoms with van der Waals surface area (Å²) in [5.74, 6) is 0. The van der Waals surface area contributed by atoms with Crippen molar-refractivity contribution < 1.29 is 0 Å².